The maximum atomic E-state index is 11.3. The molecule has 2 rings (SSSR count). The summed E-state index contributed by atoms with van der Waals surface area (Å²) in [5.41, 5.74) is 7.40. The largest absolute Gasteiger partial charge is 0.412 e. The number of nitrogens with zero attached hydrogens (tertiary/aromatic N) is 1. The summed E-state index contributed by atoms with van der Waals surface area (Å²) in [5, 5.41) is 5.22. The number of rotatable bonds is 2. The molecule has 5 N–H and O–H groups in total. The lowest BCUT2D eigenvalue weighted by Crippen LogP contribution is -2.50. The second-order valence-electron chi connectivity index (χ2n) is 3.87. The summed E-state index contributed by atoms with van der Waals surface area (Å²) in [7, 11) is 0. The van der Waals surface area contributed by atoms with Crippen LogP contribution in [0, 0.1) is 0 Å². The molecule has 0 amide bonds. The van der Waals surface area contributed by atoms with Crippen LogP contribution in [0.1, 0.15) is 18.9 Å². The van der Waals surface area contributed by atoms with Crippen LogP contribution >= 0.6 is 35.6 Å². The molecule has 6 nitrogen and oxygen atoms in total. The zero-order valence-corrected chi connectivity index (χ0v) is 13.0. The SMILES string of the molecule is CCC(=O)ON1Cc2c(ccc(Cl)c2Cl)NC1N.Cl.O. The van der Waals surface area contributed by atoms with E-state index in [-0.39, 0.29) is 30.3 Å². The molecule has 1 atom stereocenters. The van der Waals surface area contributed by atoms with Crippen molar-refractivity contribution < 1.29 is 15.1 Å². The third-order valence-electron chi connectivity index (χ3n) is 2.63. The highest BCUT2D eigenvalue weighted by atomic mass is 35.5. The molecular formula is C11H16Cl3N3O3. The quantitative estimate of drug-likeness (QED) is 0.854. The smallest absolute Gasteiger partial charge is 0.324 e. The molecule has 0 spiro atoms. The van der Waals surface area contributed by atoms with Crippen LogP contribution in [0.2, 0.25) is 10.0 Å². The lowest BCUT2D eigenvalue weighted by Gasteiger charge is -2.34. The number of carbonyl (C=O) groups is 1. The molecule has 1 heterocycles. The van der Waals surface area contributed by atoms with Crippen LogP contribution in [-0.4, -0.2) is 22.8 Å². The summed E-state index contributed by atoms with van der Waals surface area (Å²) in [6.45, 7) is 2.01. The molecule has 0 bridgehead atoms. The van der Waals surface area contributed by atoms with Crippen LogP contribution in [0.3, 0.4) is 0 Å². The molecule has 1 unspecified atom stereocenters. The molecule has 1 aliphatic rings. The van der Waals surface area contributed by atoms with Crippen LogP contribution in [0.5, 0.6) is 0 Å². The van der Waals surface area contributed by atoms with E-state index >= 15 is 0 Å². The van der Waals surface area contributed by atoms with Gasteiger partial charge >= 0.3 is 5.97 Å². The molecule has 114 valence electrons. The van der Waals surface area contributed by atoms with Crippen molar-refractivity contribution in [2.75, 3.05) is 5.32 Å². The summed E-state index contributed by atoms with van der Waals surface area (Å²) < 4.78 is 0. The first-order chi connectivity index (χ1) is 8.52. The number of anilines is 1. The molecule has 0 radical (unpaired) electrons. The Hall–Kier alpha value is -0.760. The molecule has 0 saturated carbocycles. The molecule has 1 aliphatic heterocycles. The Kier molecular flexibility index (Phi) is 7.57. The van der Waals surface area contributed by atoms with Gasteiger partial charge in [0.1, 0.15) is 0 Å². The summed E-state index contributed by atoms with van der Waals surface area (Å²) in [6, 6.07) is 3.48. The summed E-state index contributed by atoms with van der Waals surface area (Å²) in [4.78, 5) is 16.4. The first-order valence-corrected chi connectivity index (χ1v) is 6.25. The van der Waals surface area contributed by atoms with Crippen molar-refractivity contribution in [1.29, 1.82) is 0 Å². The standard InChI is InChI=1S/C11H13Cl2N3O2.ClH.H2O/c1-2-9(17)18-16-5-6-8(15-11(16)14)4-3-7(12)10(6)13;;/h3-4,11,15H,2,5,14H2,1H3;1H;1H2. The highest BCUT2D eigenvalue weighted by Crippen LogP contribution is 2.35. The Balaban J connectivity index is 0.00000180. The van der Waals surface area contributed by atoms with Gasteiger partial charge in [0.25, 0.3) is 0 Å². The van der Waals surface area contributed by atoms with Gasteiger partial charge in [-0.25, -0.2) is 0 Å². The molecule has 1 aromatic rings. The Morgan fingerprint density at radius 2 is 2.20 bits per heavy atom. The van der Waals surface area contributed by atoms with Gasteiger partial charge in [0.2, 0.25) is 0 Å². The Bertz CT molecular complexity index is 487. The van der Waals surface area contributed by atoms with Crippen molar-refractivity contribution in [1.82, 2.24) is 5.06 Å². The van der Waals surface area contributed by atoms with Crippen molar-refractivity contribution in [2.24, 2.45) is 5.73 Å². The average Bonchev–Trinajstić information content (AvgIpc) is 2.36. The number of hydrogen-bond acceptors (Lipinski definition) is 5. The lowest BCUT2D eigenvalue weighted by atomic mass is 10.1. The van der Waals surface area contributed by atoms with Gasteiger partial charge in [-0.1, -0.05) is 35.2 Å². The molecule has 9 heteroatoms. The first kappa shape index (κ1) is 19.2. The number of halogens is 3. The molecule has 20 heavy (non-hydrogen) atoms. The average molecular weight is 345 g/mol. The van der Waals surface area contributed by atoms with E-state index in [1.807, 2.05) is 0 Å². The first-order valence-electron chi connectivity index (χ1n) is 5.49. The summed E-state index contributed by atoms with van der Waals surface area (Å²) >= 11 is 12.1. The van der Waals surface area contributed by atoms with Crippen molar-refractivity contribution in [2.45, 2.75) is 26.2 Å². The van der Waals surface area contributed by atoms with E-state index in [2.05, 4.69) is 5.32 Å². The van der Waals surface area contributed by atoms with Gasteiger partial charge in [0, 0.05) is 17.7 Å². The fourth-order valence-electron chi connectivity index (χ4n) is 1.65. The van der Waals surface area contributed by atoms with Crippen molar-refractivity contribution in [3.63, 3.8) is 0 Å². The van der Waals surface area contributed by atoms with Gasteiger partial charge in [0.05, 0.1) is 16.6 Å². The Labute approximate surface area is 132 Å². The summed E-state index contributed by atoms with van der Waals surface area (Å²) in [5.74, 6) is -0.353. The maximum Gasteiger partial charge on any atom is 0.324 e. The minimum atomic E-state index is -0.606. The van der Waals surface area contributed by atoms with E-state index in [0.717, 1.165) is 11.3 Å². The predicted molar refractivity (Wildman–Crippen MR) is 80.8 cm³/mol. The van der Waals surface area contributed by atoms with Gasteiger partial charge < -0.3 is 15.6 Å². The summed E-state index contributed by atoms with van der Waals surface area (Å²) in [6.07, 6.45) is -0.329. The van der Waals surface area contributed by atoms with Crippen LogP contribution in [0.25, 0.3) is 0 Å². The molecule has 0 saturated heterocycles. The van der Waals surface area contributed by atoms with E-state index in [9.17, 15) is 4.79 Å². The fourth-order valence-corrected chi connectivity index (χ4v) is 2.05. The number of carbonyl (C=O) groups excluding carboxylic acids is 1. The predicted octanol–water partition coefficient (Wildman–Crippen LogP) is 1.93. The Morgan fingerprint density at radius 1 is 1.55 bits per heavy atom. The highest BCUT2D eigenvalue weighted by Gasteiger charge is 2.27. The number of fused-ring (bicyclic) bond motifs is 1. The zero-order chi connectivity index (χ0) is 13.3. The maximum absolute atomic E-state index is 11.3. The van der Waals surface area contributed by atoms with E-state index in [1.165, 1.54) is 5.06 Å². The molecule has 0 fully saturated rings. The van der Waals surface area contributed by atoms with E-state index < -0.39 is 6.29 Å². The normalized spacial score (nSPS) is 17.1. The topological polar surface area (TPSA) is 99.1 Å². The monoisotopic (exact) mass is 343 g/mol. The van der Waals surface area contributed by atoms with Crippen molar-refractivity contribution in [3.8, 4) is 0 Å². The second-order valence-corrected chi connectivity index (χ2v) is 4.65. The Morgan fingerprint density at radius 3 is 2.80 bits per heavy atom. The fraction of sp³-hybridized carbons (Fsp3) is 0.364. The molecule has 0 aliphatic carbocycles. The van der Waals surface area contributed by atoms with E-state index in [0.29, 0.717) is 16.6 Å². The van der Waals surface area contributed by atoms with Gasteiger partial charge in [-0.3, -0.25) is 10.5 Å². The minimum Gasteiger partial charge on any atom is -0.412 e. The minimum absolute atomic E-state index is 0. The third-order valence-corrected chi connectivity index (χ3v) is 3.47. The zero-order valence-electron chi connectivity index (χ0n) is 10.7. The number of nitrogens with two attached hydrogens (primary N) is 1. The lowest BCUT2D eigenvalue weighted by molar-refractivity contribution is -0.203. The van der Waals surface area contributed by atoms with Gasteiger partial charge in [-0.05, 0) is 12.1 Å². The third kappa shape index (κ3) is 3.88. The van der Waals surface area contributed by atoms with Crippen LogP contribution in [0.4, 0.5) is 5.69 Å². The molecular weight excluding hydrogens is 328 g/mol. The second kappa shape index (κ2) is 7.87. The van der Waals surface area contributed by atoms with Crippen LogP contribution in [-0.2, 0) is 16.2 Å². The van der Waals surface area contributed by atoms with Crippen molar-refractivity contribution >= 4 is 47.3 Å². The van der Waals surface area contributed by atoms with Crippen LogP contribution in [0.15, 0.2) is 12.1 Å². The number of benzene rings is 1. The highest BCUT2D eigenvalue weighted by molar-refractivity contribution is 6.42. The molecule has 0 aromatic heterocycles. The molecule has 1 aromatic carbocycles. The van der Waals surface area contributed by atoms with Gasteiger partial charge in [-0.15, -0.1) is 12.4 Å². The van der Waals surface area contributed by atoms with Gasteiger partial charge in [-0.2, -0.15) is 0 Å². The van der Waals surface area contributed by atoms with Gasteiger partial charge in [0.15, 0.2) is 6.29 Å². The van der Waals surface area contributed by atoms with E-state index in [1.54, 1.807) is 19.1 Å². The number of hydrogen-bond donors (Lipinski definition) is 2. The van der Waals surface area contributed by atoms with Crippen LogP contribution < -0.4 is 11.1 Å². The number of hydroxylamine groups is 2. The van der Waals surface area contributed by atoms with Crippen molar-refractivity contribution in [3.05, 3.63) is 27.7 Å². The number of nitrogens with one attached hydrogen (secondary N) is 1. The van der Waals surface area contributed by atoms with E-state index in [4.69, 9.17) is 33.8 Å².